The SMILES string of the molecule is O=C(CN(Cc1ccccc1)S(=O)(=O)c1ccc(Cl)cc1)Nc1ccc(I)cc1. The zero-order valence-corrected chi connectivity index (χ0v) is 19.0. The molecule has 0 aliphatic rings. The first kappa shape index (κ1) is 21.8. The second-order valence-electron chi connectivity index (χ2n) is 6.27. The second kappa shape index (κ2) is 9.71. The molecule has 0 fully saturated rings. The Labute approximate surface area is 188 Å². The van der Waals surface area contributed by atoms with E-state index in [9.17, 15) is 13.2 Å². The van der Waals surface area contributed by atoms with Crippen LogP contribution >= 0.6 is 34.2 Å². The van der Waals surface area contributed by atoms with Crippen LogP contribution in [0, 0.1) is 3.57 Å². The Bertz CT molecular complexity index is 1070. The average molecular weight is 541 g/mol. The van der Waals surface area contributed by atoms with E-state index in [1.165, 1.54) is 24.3 Å². The molecule has 3 aromatic rings. The number of carbonyl (C=O) groups excluding carboxylic acids is 1. The first-order valence-corrected chi connectivity index (χ1v) is 11.6. The minimum atomic E-state index is -3.90. The number of anilines is 1. The highest BCUT2D eigenvalue weighted by Gasteiger charge is 2.27. The van der Waals surface area contributed by atoms with Gasteiger partial charge in [0, 0.05) is 20.8 Å². The Balaban J connectivity index is 1.85. The van der Waals surface area contributed by atoms with Gasteiger partial charge >= 0.3 is 0 Å². The van der Waals surface area contributed by atoms with Crippen LogP contribution < -0.4 is 5.32 Å². The van der Waals surface area contributed by atoms with Gasteiger partial charge in [-0.2, -0.15) is 4.31 Å². The van der Waals surface area contributed by atoms with Crippen molar-refractivity contribution in [2.24, 2.45) is 0 Å². The predicted octanol–water partition coefficient (Wildman–Crippen LogP) is 4.77. The number of benzene rings is 3. The molecule has 0 saturated heterocycles. The highest BCUT2D eigenvalue weighted by Crippen LogP contribution is 2.21. The largest absolute Gasteiger partial charge is 0.325 e. The zero-order chi connectivity index (χ0) is 20.9. The van der Waals surface area contributed by atoms with Crippen molar-refractivity contribution >= 4 is 55.8 Å². The normalized spacial score (nSPS) is 11.4. The maximum atomic E-state index is 13.2. The maximum absolute atomic E-state index is 13.2. The highest BCUT2D eigenvalue weighted by molar-refractivity contribution is 14.1. The van der Waals surface area contributed by atoms with Gasteiger partial charge in [-0.3, -0.25) is 4.79 Å². The Kier molecular flexibility index (Phi) is 7.28. The highest BCUT2D eigenvalue weighted by atomic mass is 127. The zero-order valence-electron chi connectivity index (χ0n) is 15.3. The van der Waals surface area contributed by atoms with Gasteiger partial charge in [-0.1, -0.05) is 41.9 Å². The summed E-state index contributed by atoms with van der Waals surface area (Å²) in [7, 11) is -3.90. The van der Waals surface area contributed by atoms with Crippen LogP contribution in [0.15, 0.2) is 83.8 Å². The Morgan fingerprint density at radius 1 is 0.931 bits per heavy atom. The number of sulfonamides is 1. The summed E-state index contributed by atoms with van der Waals surface area (Å²) in [5, 5.41) is 3.19. The molecule has 0 saturated carbocycles. The van der Waals surface area contributed by atoms with E-state index in [2.05, 4.69) is 27.9 Å². The quantitative estimate of drug-likeness (QED) is 0.439. The maximum Gasteiger partial charge on any atom is 0.243 e. The van der Waals surface area contributed by atoms with E-state index < -0.39 is 15.9 Å². The Morgan fingerprint density at radius 3 is 2.17 bits per heavy atom. The molecule has 0 unspecified atom stereocenters. The topological polar surface area (TPSA) is 66.5 Å². The van der Waals surface area contributed by atoms with E-state index in [4.69, 9.17) is 11.6 Å². The van der Waals surface area contributed by atoms with Crippen LogP contribution in [0.1, 0.15) is 5.56 Å². The lowest BCUT2D eigenvalue weighted by molar-refractivity contribution is -0.116. The van der Waals surface area contributed by atoms with E-state index >= 15 is 0 Å². The van der Waals surface area contributed by atoms with Crippen molar-refractivity contribution in [2.45, 2.75) is 11.4 Å². The number of hydrogen-bond acceptors (Lipinski definition) is 3. The summed E-state index contributed by atoms with van der Waals surface area (Å²) >= 11 is 8.06. The first-order chi connectivity index (χ1) is 13.8. The van der Waals surface area contributed by atoms with Crippen LogP contribution in [0.3, 0.4) is 0 Å². The minimum absolute atomic E-state index is 0.0753. The number of amides is 1. The molecule has 29 heavy (non-hydrogen) atoms. The van der Waals surface area contributed by atoms with Crippen LogP contribution in [0.2, 0.25) is 5.02 Å². The van der Waals surface area contributed by atoms with E-state index in [1.807, 2.05) is 42.5 Å². The molecule has 0 radical (unpaired) electrons. The van der Waals surface area contributed by atoms with Gasteiger partial charge in [0.2, 0.25) is 15.9 Å². The van der Waals surface area contributed by atoms with Crippen LogP contribution in [-0.4, -0.2) is 25.2 Å². The molecule has 150 valence electrons. The van der Waals surface area contributed by atoms with Gasteiger partial charge in [-0.25, -0.2) is 8.42 Å². The standard InChI is InChI=1S/C21H18ClIN2O3S/c22-17-6-12-20(13-7-17)29(27,28)25(14-16-4-2-1-3-5-16)15-21(26)24-19-10-8-18(23)9-11-19/h1-13H,14-15H2,(H,24,26). The molecule has 5 nitrogen and oxygen atoms in total. The van der Waals surface area contributed by atoms with Gasteiger partial charge in [0.1, 0.15) is 0 Å². The minimum Gasteiger partial charge on any atom is -0.325 e. The number of halogens is 2. The Morgan fingerprint density at radius 2 is 1.55 bits per heavy atom. The third-order valence-corrected chi connectivity index (χ3v) is 6.88. The molecule has 8 heteroatoms. The lowest BCUT2D eigenvalue weighted by Gasteiger charge is -2.22. The lowest BCUT2D eigenvalue weighted by atomic mass is 10.2. The number of rotatable bonds is 7. The van der Waals surface area contributed by atoms with Crippen molar-refractivity contribution in [3.05, 3.63) is 93.0 Å². The molecular formula is C21H18ClIN2O3S. The van der Waals surface area contributed by atoms with Gasteiger partial charge in [0.25, 0.3) is 0 Å². The monoisotopic (exact) mass is 540 g/mol. The molecule has 0 bridgehead atoms. The first-order valence-electron chi connectivity index (χ1n) is 8.70. The van der Waals surface area contributed by atoms with Crippen molar-refractivity contribution in [2.75, 3.05) is 11.9 Å². The third kappa shape index (κ3) is 6.02. The van der Waals surface area contributed by atoms with E-state index in [-0.39, 0.29) is 18.0 Å². The molecule has 0 spiro atoms. The van der Waals surface area contributed by atoms with Crippen LogP contribution in [0.4, 0.5) is 5.69 Å². The number of hydrogen-bond donors (Lipinski definition) is 1. The summed E-state index contributed by atoms with van der Waals surface area (Å²) in [4.78, 5) is 12.7. The Hall–Kier alpha value is -1.94. The third-order valence-electron chi connectivity index (χ3n) is 4.10. The molecule has 0 aliphatic heterocycles. The van der Waals surface area contributed by atoms with Crippen molar-refractivity contribution in [3.8, 4) is 0 Å². The fourth-order valence-electron chi connectivity index (χ4n) is 2.66. The fourth-order valence-corrected chi connectivity index (χ4v) is 4.53. The summed E-state index contributed by atoms with van der Waals surface area (Å²) in [6.07, 6.45) is 0. The molecule has 1 N–H and O–H groups in total. The lowest BCUT2D eigenvalue weighted by Crippen LogP contribution is -2.37. The van der Waals surface area contributed by atoms with E-state index in [1.54, 1.807) is 12.1 Å². The number of carbonyl (C=O) groups is 1. The van der Waals surface area contributed by atoms with Crippen molar-refractivity contribution in [1.29, 1.82) is 0 Å². The van der Waals surface area contributed by atoms with Gasteiger partial charge in [0.05, 0.1) is 11.4 Å². The average Bonchev–Trinajstić information content (AvgIpc) is 2.70. The van der Waals surface area contributed by atoms with Crippen LogP contribution in [0.25, 0.3) is 0 Å². The molecule has 1 amide bonds. The van der Waals surface area contributed by atoms with Crippen molar-refractivity contribution in [3.63, 3.8) is 0 Å². The second-order valence-corrected chi connectivity index (χ2v) is 9.89. The van der Waals surface area contributed by atoms with Gasteiger partial charge in [-0.15, -0.1) is 0 Å². The molecule has 0 aliphatic carbocycles. The summed E-state index contributed by atoms with van der Waals surface area (Å²) in [6, 6.07) is 22.3. The molecule has 0 aromatic heterocycles. The smallest absolute Gasteiger partial charge is 0.243 e. The number of nitrogens with zero attached hydrogens (tertiary/aromatic N) is 1. The predicted molar refractivity (Wildman–Crippen MR) is 123 cm³/mol. The summed E-state index contributed by atoms with van der Waals surface area (Å²) < 4.78 is 28.6. The van der Waals surface area contributed by atoms with E-state index in [0.29, 0.717) is 10.7 Å². The number of nitrogens with one attached hydrogen (secondary N) is 1. The van der Waals surface area contributed by atoms with Gasteiger partial charge in [-0.05, 0) is 76.7 Å². The molecular weight excluding hydrogens is 523 g/mol. The van der Waals surface area contributed by atoms with Crippen LogP contribution in [0.5, 0.6) is 0 Å². The molecule has 0 atom stereocenters. The van der Waals surface area contributed by atoms with Gasteiger partial charge in [0.15, 0.2) is 0 Å². The molecule has 3 rings (SSSR count). The summed E-state index contributed by atoms with van der Waals surface area (Å²) in [5.41, 5.74) is 1.39. The van der Waals surface area contributed by atoms with E-state index in [0.717, 1.165) is 13.4 Å². The summed E-state index contributed by atoms with van der Waals surface area (Å²) in [6.45, 7) is -0.238. The van der Waals surface area contributed by atoms with Crippen LogP contribution in [-0.2, 0) is 21.4 Å². The fraction of sp³-hybridized carbons (Fsp3) is 0.0952. The summed E-state index contributed by atoms with van der Waals surface area (Å²) in [5.74, 6) is -0.417. The molecule has 0 heterocycles. The van der Waals surface area contributed by atoms with Crippen molar-refractivity contribution < 1.29 is 13.2 Å². The van der Waals surface area contributed by atoms with Crippen molar-refractivity contribution in [1.82, 2.24) is 4.31 Å². The van der Waals surface area contributed by atoms with Gasteiger partial charge < -0.3 is 5.32 Å². The molecule has 3 aromatic carbocycles.